The zero-order chi connectivity index (χ0) is 26.0. The Hall–Kier alpha value is -3.08. The Morgan fingerprint density at radius 2 is 1.39 bits per heavy atom. The highest BCUT2D eigenvalue weighted by Gasteiger charge is 2.24. The van der Waals surface area contributed by atoms with Crippen LogP contribution in [-0.2, 0) is 6.42 Å². The molecule has 1 nitrogen and oxygen atoms in total. The van der Waals surface area contributed by atoms with Gasteiger partial charge in [-0.1, -0.05) is 117 Å². The highest BCUT2D eigenvalue weighted by Crippen LogP contribution is 2.20. The molecule has 0 aliphatic carbocycles. The van der Waals surface area contributed by atoms with E-state index in [0.717, 1.165) is 23.6 Å². The molecule has 1 heteroatoms. The summed E-state index contributed by atoms with van der Waals surface area (Å²) in [5.41, 5.74) is 5.99. The summed E-state index contributed by atoms with van der Waals surface area (Å²) in [6, 6.07) is 29.5. The average Bonchev–Trinajstić information content (AvgIpc) is 2.88. The van der Waals surface area contributed by atoms with Gasteiger partial charge in [-0.2, -0.15) is 0 Å². The molecule has 1 aliphatic rings. The first-order chi connectivity index (χ1) is 17.5. The molecular weight excluding hydrogens is 434 g/mol. The van der Waals surface area contributed by atoms with Crippen molar-refractivity contribution in [2.24, 2.45) is 0 Å². The summed E-state index contributed by atoms with van der Waals surface area (Å²) in [7, 11) is 0. The number of aryl methyl sites for hydroxylation is 1. The zero-order valence-electron chi connectivity index (χ0n) is 23.0. The van der Waals surface area contributed by atoms with Crippen LogP contribution in [0.3, 0.4) is 0 Å². The molecule has 36 heavy (non-hydrogen) atoms. The van der Waals surface area contributed by atoms with Gasteiger partial charge in [-0.05, 0) is 82.4 Å². The normalized spacial score (nSPS) is 14.1. The van der Waals surface area contributed by atoms with E-state index in [1.807, 2.05) is 60.7 Å². The Bertz CT molecular complexity index is 993. The van der Waals surface area contributed by atoms with Crippen LogP contribution in [0.4, 0.5) is 0 Å². The molecule has 1 heterocycles. The van der Waals surface area contributed by atoms with Crippen molar-refractivity contribution in [3.63, 3.8) is 0 Å². The van der Waals surface area contributed by atoms with Gasteiger partial charge in [0.15, 0.2) is 0 Å². The molecule has 0 bridgehead atoms. The standard InChI is InChI=1S/C14H10.C11H14.C10H21N/c1-3-7-13(8-4-1)11-12-14-9-5-2-6-10-14;1-9(2)8-11-6-4-10(3)5-7-11;1-3-5-6-8-11-9-7-10(11)4-2/h1-10H;4-7H,1,8H2,2-3H3;10H,3-9H2,1-2H3. The van der Waals surface area contributed by atoms with Crippen LogP contribution in [0.2, 0.25) is 0 Å². The van der Waals surface area contributed by atoms with E-state index < -0.39 is 0 Å². The fourth-order valence-electron chi connectivity index (χ4n) is 4.06. The number of benzene rings is 3. The molecule has 0 spiro atoms. The second kappa shape index (κ2) is 17.4. The van der Waals surface area contributed by atoms with Crippen molar-refractivity contribution in [2.75, 3.05) is 13.1 Å². The quantitative estimate of drug-likeness (QED) is 0.186. The molecule has 1 saturated heterocycles. The Labute approximate surface area is 221 Å². The van der Waals surface area contributed by atoms with E-state index >= 15 is 0 Å². The van der Waals surface area contributed by atoms with Gasteiger partial charge < -0.3 is 4.90 Å². The summed E-state index contributed by atoms with van der Waals surface area (Å²) in [6.07, 6.45) is 7.97. The lowest BCUT2D eigenvalue weighted by atomic mass is 10.00. The number of allylic oxidation sites excluding steroid dienone is 1. The van der Waals surface area contributed by atoms with Gasteiger partial charge in [0, 0.05) is 17.2 Å². The number of hydrogen-bond donors (Lipinski definition) is 0. The maximum Gasteiger partial charge on any atom is 0.0249 e. The lowest BCUT2D eigenvalue weighted by Gasteiger charge is -2.40. The van der Waals surface area contributed by atoms with Crippen LogP contribution in [0.5, 0.6) is 0 Å². The van der Waals surface area contributed by atoms with Crippen molar-refractivity contribution in [2.45, 2.75) is 72.3 Å². The predicted molar refractivity (Wildman–Crippen MR) is 158 cm³/mol. The van der Waals surface area contributed by atoms with Crippen molar-refractivity contribution >= 4 is 0 Å². The van der Waals surface area contributed by atoms with E-state index in [0.29, 0.717) is 0 Å². The fourth-order valence-corrected chi connectivity index (χ4v) is 4.06. The molecule has 0 radical (unpaired) electrons. The largest absolute Gasteiger partial charge is 0.300 e. The summed E-state index contributed by atoms with van der Waals surface area (Å²) in [5, 5.41) is 0. The third kappa shape index (κ3) is 12.1. The summed E-state index contributed by atoms with van der Waals surface area (Å²) in [5.74, 6) is 6.22. The van der Waals surface area contributed by atoms with Crippen molar-refractivity contribution < 1.29 is 0 Å². The Morgan fingerprint density at radius 3 is 1.81 bits per heavy atom. The number of rotatable bonds is 7. The van der Waals surface area contributed by atoms with Gasteiger partial charge in [-0.3, -0.25) is 0 Å². The smallest absolute Gasteiger partial charge is 0.0249 e. The molecule has 0 saturated carbocycles. The number of likely N-dealkylation sites (tertiary alicyclic amines) is 1. The maximum atomic E-state index is 3.87. The second-order valence-corrected chi connectivity index (χ2v) is 9.70. The molecule has 3 aromatic carbocycles. The number of hydrogen-bond acceptors (Lipinski definition) is 1. The van der Waals surface area contributed by atoms with Gasteiger partial charge in [-0.15, -0.1) is 0 Å². The molecule has 1 unspecified atom stereocenters. The fraction of sp³-hybridized carbons (Fsp3) is 0.371. The Kier molecular flexibility index (Phi) is 14.1. The Morgan fingerprint density at radius 1 is 0.833 bits per heavy atom. The van der Waals surface area contributed by atoms with Gasteiger partial charge >= 0.3 is 0 Å². The van der Waals surface area contributed by atoms with Gasteiger partial charge in [0.2, 0.25) is 0 Å². The molecule has 1 atom stereocenters. The van der Waals surface area contributed by atoms with E-state index in [-0.39, 0.29) is 0 Å². The van der Waals surface area contributed by atoms with E-state index in [9.17, 15) is 0 Å². The van der Waals surface area contributed by atoms with Crippen LogP contribution in [0.25, 0.3) is 0 Å². The van der Waals surface area contributed by atoms with Crippen LogP contribution in [0, 0.1) is 18.8 Å². The summed E-state index contributed by atoms with van der Waals surface area (Å²) < 4.78 is 0. The molecular formula is C35H45N. The lowest BCUT2D eigenvalue weighted by molar-refractivity contribution is 0.0857. The molecule has 1 aliphatic heterocycles. The SMILES string of the molecule is C(#Cc1ccccc1)c1ccccc1.C=C(C)Cc1ccc(C)cc1.CCCCCN1CCC1CC. The summed E-state index contributed by atoms with van der Waals surface area (Å²) >= 11 is 0. The third-order valence-corrected chi connectivity index (χ3v) is 6.31. The monoisotopic (exact) mass is 479 g/mol. The van der Waals surface area contributed by atoms with Crippen LogP contribution < -0.4 is 0 Å². The molecule has 3 aromatic rings. The number of unbranched alkanes of at least 4 members (excludes halogenated alkanes) is 2. The molecule has 4 rings (SSSR count). The maximum absolute atomic E-state index is 3.87. The zero-order valence-corrected chi connectivity index (χ0v) is 23.0. The highest BCUT2D eigenvalue weighted by atomic mass is 15.2. The number of nitrogens with zero attached hydrogens (tertiary/aromatic N) is 1. The summed E-state index contributed by atoms with van der Waals surface area (Å²) in [4.78, 5) is 2.63. The molecule has 0 N–H and O–H groups in total. The second-order valence-electron chi connectivity index (χ2n) is 9.70. The first-order valence-corrected chi connectivity index (χ1v) is 13.6. The van der Waals surface area contributed by atoms with Crippen molar-refractivity contribution in [1.29, 1.82) is 0 Å². The molecule has 1 fully saturated rings. The van der Waals surface area contributed by atoms with Crippen molar-refractivity contribution in [3.05, 3.63) is 119 Å². The average molecular weight is 480 g/mol. The van der Waals surface area contributed by atoms with Crippen LogP contribution in [-0.4, -0.2) is 24.0 Å². The van der Waals surface area contributed by atoms with E-state index in [2.05, 4.69) is 75.3 Å². The van der Waals surface area contributed by atoms with E-state index in [4.69, 9.17) is 0 Å². The van der Waals surface area contributed by atoms with Crippen molar-refractivity contribution in [3.8, 4) is 11.8 Å². The first kappa shape index (κ1) is 29.2. The molecule has 0 amide bonds. The van der Waals surface area contributed by atoms with Crippen LogP contribution in [0.15, 0.2) is 97.1 Å². The van der Waals surface area contributed by atoms with Crippen LogP contribution >= 0.6 is 0 Å². The van der Waals surface area contributed by atoms with Gasteiger partial charge in [0.05, 0.1) is 0 Å². The van der Waals surface area contributed by atoms with Gasteiger partial charge in [0.1, 0.15) is 0 Å². The van der Waals surface area contributed by atoms with Crippen LogP contribution in [0.1, 0.15) is 75.1 Å². The summed E-state index contributed by atoms with van der Waals surface area (Å²) in [6.45, 7) is 15.3. The predicted octanol–water partition coefficient (Wildman–Crippen LogP) is 8.86. The van der Waals surface area contributed by atoms with Gasteiger partial charge in [0.25, 0.3) is 0 Å². The minimum absolute atomic E-state index is 0.937. The Balaban J connectivity index is 0.000000193. The van der Waals surface area contributed by atoms with E-state index in [1.54, 1.807) is 0 Å². The minimum atomic E-state index is 0.937. The highest BCUT2D eigenvalue weighted by molar-refractivity contribution is 5.42. The minimum Gasteiger partial charge on any atom is -0.300 e. The topological polar surface area (TPSA) is 3.24 Å². The third-order valence-electron chi connectivity index (χ3n) is 6.31. The molecule has 190 valence electrons. The van der Waals surface area contributed by atoms with Crippen molar-refractivity contribution in [1.82, 2.24) is 4.90 Å². The van der Waals surface area contributed by atoms with Gasteiger partial charge in [-0.25, -0.2) is 0 Å². The first-order valence-electron chi connectivity index (χ1n) is 13.6. The lowest BCUT2D eigenvalue weighted by Crippen LogP contribution is -2.47. The molecule has 0 aromatic heterocycles. The van der Waals surface area contributed by atoms with E-state index in [1.165, 1.54) is 61.9 Å².